The van der Waals surface area contributed by atoms with Gasteiger partial charge < -0.3 is 24.0 Å². The molecule has 1 N–H and O–H groups in total. The summed E-state index contributed by atoms with van der Waals surface area (Å²) in [6, 6.07) is 1.71. The highest BCUT2D eigenvalue weighted by Gasteiger charge is 2.25. The maximum atomic E-state index is 11.8. The van der Waals surface area contributed by atoms with Crippen LogP contribution in [0, 0.1) is 6.92 Å². The van der Waals surface area contributed by atoms with Crippen LogP contribution in [0.1, 0.15) is 23.0 Å². The predicted molar refractivity (Wildman–Crippen MR) is 74.5 cm³/mol. The van der Waals surface area contributed by atoms with Gasteiger partial charge in [-0.15, -0.1) is 0 Å². The lowest BCUT2D eigenvalue weighted by Gasteiger charge is -2.31. The Morgan fingerprint density at radius 3 is 2.95 bits per heavy atom. The Morgan fingerprint density at radius 1 is 1.52 bits per heavy atom. The van der Waals surface area contributed by atoms with Gasteiger partial charge in [0.05, 0.1) is 38.0 Å². The van der Waals surface area contributed by atoms with Gasteiger partial charge in [-0.1, -0.05) is 0 Å². The van der Waals surface area contributed by atoms with Gasteiger partial charge in [0.25, 0.3) is 0 Å². The first kappa shape index (κ1) is 15.4. The van der Waals surface area contributed by atoms with Gasteiger partial charge in [0, 0.05) is 18.4 Å². The Morgan fingerprint density at radius 2 is 2.29 bits per heavy atom. The molecule has 0 aromatic carbocycles. The molecule has 0 aliphatic carbocycles. The number of rotatable bonds is 4. The maximum absolute atomic E-state index is 11.8. The molecule has 116 valence electrons. The van der Waals surface area contributed by atoms with Crippen molar-refractivity contribution in [2.24, 2.45) is 0 Å². The normalized spacial score (nSPS) is 18.6. The number of carbonyl (C=O) groups excluding carboxylic acids is 1. The number of carboxylic acid groups (broad SMARTS) is 1. The summed E-state index contributed by atoms with van der Waals surface area (Å²) in [6.07, 6.45) is 0.653. The highest BCUT2D eigenvalue weighted by molar-refractivity contribution is 5.90. The molecule has 2 heterocycles. The number of hydrogen-bond donors (Lipinski definition) is 1. The van der Waals surface area contributed by atoms with Crippen LogP contribution in [0.2, 0.25) is 0 Å². The van der Waals surface area contributed by atoms with Crippen LogP contribution < -0.4 is 0 Å². The van der Waals surface area contributed by atoms with Gasteiger partial charge in [-0.05, 0) is 19.9 Å². The number of morpholine rings is 1. The van der Waals surface area contributed by atoms with Crippen molar-refractivity contribution >= 4 is 12.1 Å². The number of hydrogen-bond acceptors (Lipinski definition) is 4. The third-order valence-corrected chi connectivity index (χ3v) is 3.55. The second kappa shape index (κ2) is 6.62. The first-order valence-electron chi connectivity index (χ1n) is 6.95. The maximum Gasteiger partial charge on any atom is 0.407 e. The summed E-state index contributed by atoms with van der Waals surface area (Å²) in [5.74, 6) is -0.342. The van der Waals surface area contributed by atoms with Gasteiger partial charge in [-0.25, -0.2) is 9.59 Å². The van der Waals surface area contributed by atoms with Gasteiger partial charge in [-0.3, -0.25) is 0 Å². The first-order chi connectivity index (χ1) is 10.0. The minimum atomic E-state index is -0.931. The Balaban J connectivity index is 2.03. The molecule has 1 saturated heterocycles. The number of aromatic nitrogens is 1. The standard InChI is InChI=1S/C14H20N2O5/c1-3-20-13(17)12-4-5-15(10(12)2)8-11-9-16(14(18)19)6-7-21-11/h4-5,11H,3,6-9H2,1-2H3,(H,18,19). The molecule has 0 radical (unpaired) electrons. The van der Waals surface area contributed by atoms with E-state index in [-0.39, 0.29) is 12.1 Å². The average Bonchev–Trinajstić information content (AvgIpc) is 2.81. The average molecular weight is 296 g/mol. The molecular formula is C14H20N2O5. The lowest BCUT2D eigenvalue weighted by molar-refractivity contribution is -0.0294. The molecule has 1 unspecified atom stereocenters. The third kappa shape index (κ3) is 3.55. The molecule has 1 aromatic heterocycles. The quantitative estimate of drug-likeness (QED) is 0.848. The number of amides is 1. The number of carbonyl (C=O) groups is 2. The van der Waals surface area contributed by atoms with Crippen LogP contribution in [0.15, 0.2) is 12.3 Å². The highest BCUT2D eigenvalue weighted by Crippen LogP contribution is 2.15. The van der Waals surface area contributed by atoms with Crippen molar-refractivity contribution in [2.75, 3.05) is 26.3 Å². The molecule has 1 aromatic rings. The van der Waals surface area contributed by atoms with E-state index in [1.807, 2.05) is 11.5 Å². The highest BCUT2D eigenvalue weighted by atomic mass is 16.5. The fraction of sp³-hybridized carbons (Fsp3) is 0.571. The molecule has 0 bridgehead atoms. The molecule has 1 fully saturated rings. The molecule has 1 aliphatic rings. The fourth-order valence-corrected chi connectivity index (χ4v) is 2.40. The predicted octanol–water partition coefficient (Wildman–Crippen LogP) is 1.35. The van der Waals surface area contributed by atoms with Gasteiger partial charge in [-0.2, -0.15) is 0 Å². The first-order valence-corrected chi connectivity index (χ1v) is 6.95. The van der Waals surface area contributed by atoms with Gasteiger partial charge in [0.2, 0.25) is 0 Å². The van der Waals surface area contributed by atoms with E-state index in [1.54, 1.807) is 19.2 Å². The number of esters is 1. The van der Waals surface area contributed by atoms with Crippen LogP contribution in [0.4, 0.5) is 4.79 Å². The van der Waals surface area contributed by atoms with Crippen molar-refractivity contribution in [1.82, 2.24) is 9.47 Å². The SMILES string of the molecule is CCOC(=O)c1ccn(CC2CN(C(=O)O)CCO2)c1C. The van der Waals surface area contributed by atoms with Crippen LogP contribution in [-0.2, 0) is 16.0 Å². The number of nitrogens with zero attached hydrogens (tertiary/aromatic N) is 2. The zero-order valence-electron chi connectivity index (χ0n) is 12.2. The van der Waals surface area contributed by atoms with Gasteiger partial charge in [0.15, 0.2) is 0 Å². The lowest BCUT2D eigenvalue weighted by Crippen LogP contribution is -2.46. The van der Waals surface area contributed by atoms with Crippen molar-refractivity contribution in [3.05, 3.63) is 23.5 Å². The van der Waals surface area contributed by atoms with E-state index in [9.17, 15) is 9.59 Å². The van der Waals surface area contributed by atoms with Crippen molar-refractivity contribution in [1.29, 1.82) is 0 Å². The van der Waals surface area contributed by atoms with E-state index in [1.165, 1.54) is 4.90 Å². The summed E-state index contributed by atoms with van der Waals surface area (Å²) in [5, 5.41) is 9.02. The van der Waals surface area contributed by atoms with Crippen molar-refractivity contribution < 1.29 is 24.2 Å². The van der Waals surface area contributed by atoms with E-state index in [0.29, 0.717) is 38.4 Å². The number of ether oxygens (including phenoxy) is 2. The Bertz CT molecular complexity index is 525. The van der Waals surface area contributed by atoms with Crippen LogP contribution in [0.25, 0.3) is 0 Å². The molecule has 7 nitrogen and oxygen atoms in total. The van der Waals surface area contributed by atoms with Crippen LogP contribution in [0.3, 0.4) is 0 Å². The van der Waals surface area contributed by atoms with E-state index < -0.39 is 6.09 Å². The second-order valence-electron chi connectivity index (χ2n) is 4.91. The molecule has 1 atom stereocenters. The lowest BCUT2D eigenvalue weighted by atomic mass is 10.2. The Kier molecular flexibility index (Phi) is 4.85. The summed E-state index contributed by atoms with van der Waals surface area (Å²) in [7, 11) is 0. The van der Waals surface area contributed by atoms with Gasteiger partial charge in [0.1, 0.15) is 0 Å². The van der Waals surface area contributed by atoms with Crippen molar-refractivity contribution in [3.63, 3.8) is 0 Å². The fourth-order valence-electron chi connectivity index (χ4n) is 2.40. The molecular weight excluding hydrogens is 276 g/mol. The van der Waals surface area contributed by atoms with Crippen LogP contribution in [0.5, 0.6) is 0 Å². The van der Waals surface area contributed by atoms with E-state index in [0.717, 1.165) is 5.69 Å². The smallest absolute Gasteiger partial charge is 0.407 e. The summed E-state index contributed by atoms with van der Waals surface area (Å²) in [4.78, 5) is 24.1. The molecule has 0 spiro atoms. The van der Waals surface area contributed by atoms with Crippen LogP contribution >= 0.6 is 0 Å². The van der Waals surface area contributed by atoms with Crippen molar-refractivity contribution in [3.8, 4) is 0 Å². The topological polar surface area (TPSA) is 81.0 Å². The Labute approximate surface area is 123 Å². The minimum absolute atomic E-state index is 0.212. The third-order valence-electron chi connectivity index (χ3n) is 3.55. The largest absolute Gasteiger partial charge is 0.465 e. The molecule has 1 aliphatic heterocycles. The summed E-state index contributed by atoms with van der Waals surface area (Å²) < 4.78 is 12.5. The van der Waals surface area contributed by atoms with E-state index in [2.05, 4.69) is 0 Å². The Hall–Kier alpha value is -2.02. The molecule has 21 heavy (non-hydrogen) atoms. The monoisotopic (exact) mass is 296 g/mol. The summed E-state index contributed by atoms with van der Waals surface area (Å²) in [6.45, 7) is 5.57. The van der Waals surface area contributed by atoms with Gasteiger partial charge >= 0.3 is 12.1 Å². The van der Waals surface area contributed by atoms with E-state index >= 15 is 0 Å². The minimum Gasteiger partial charge on any atom is -0.465 e. The zero-order valence-corrected chi connectivity index (χ0v) is 12.2. The summed E-state index contributed by atoms with van der Waals surface area (Å²) in [5.41, 5.74) is 1.33. The van der Waals surface area contributed by atoms with E-state index in [4.69, 9.17) is 14.6 Å². The molecule has 2 rings (SSSR count). The van der Waals surface area contributed by atoms with Crippen molar-refractivity contribution in [2.45, 2.75) is 26.5 Å². The summed E-state index contributed by atoms with van der Waals surface area (Å²) >= 11 is 0. The molecule has 7 heteroatoms. The zero-order chi connectivity index (χ0) is 15.4. The van der Waals surface area contributed by atoms with Crippen LogP contribution in [-0.4, -0.2) is 59.0 Å². The second-order valence-corrected chi connectivity index (χ2v) is 4.91. The molecule has 1 amide bonds. The molecule has 0 saturated carbocycles.